The molecule has 1 unspecified atom stereocenters. The van der Waals surface area contributed by atoms with E-state index in [1.807, 2.05) is 18.2 Å². The first kappa shape index (κ1) is 15.8. The molecule has 1 N–H and O–H groups in total. The van der Waals surface area contributed by atoms with Crippen LogP contribution in [0, 0.1) is 12.8 Å². The van der Waals surface area contributed by atoms with Crippen molar-refractivity contribution in [3.63, 3.8) is 0 Å². The van der Waals surface area contributed by atoms with Gasteiger partial charge in [0.15, 0.2) is 0 Å². The molecule has 1 aromatic rings. The number of nitrogens with zero attached hydrogens (tertiary/aromatic N) is 1. The Morgan fingerprint density at radius 3 is 2.86 bits per heavy atom. The molecule has 1 fully saturated rings. The minimum atomic E-state index is -0.00258. The van der Waals surface area contributed by atoms with Crippen molar-refractivity contribution in [3.05, 3.63) is 29.8 Å². The number of piperazine rings is 1. The fraction of sp³-hybridized carbons (Fsp3) is 0.588. The fourth-order valence-electron chi connectivity index (χ4n) is 2.88. The van der Waals surface area contributed by atoms with Crippen LogP contribution in [-0.2, 0) is 4.79 Å². The average molecular weight is 290 g/mol. The van der Waals surface area contributed by atoms with E-state index < -0.39 is 0 Å². The van der Waals surface area contributed by atoms with Gasteiger partial charge in [-0.1, -0.05) is 32.0 Å². The molecule has 1 heterocycles. The molecule has 1 amide bonds. The molecule has 4 nitrogen and oxygen atoms in total. The molecule has 0 aliphatic carbocycles. The minimum Gasteiger partial charge on any atom is -0.493 e. The molecule has 0 saturated carbocycles. The number of carbonyl (C=O) groups is 1. The van der Waals surface area contributed by atoms with Gasteiger partial charge in [0.05, 0.1) is 12.6 Å². The zero-order chi connectivity index (χ0) is 15.2. The smallest absolute Gasteiger partial charge is 0.237 e. The van der Waals surface area contributed by atoms with Crippen LogP contribution < -0.4 is 10.1 Å². The van der Waals surface area contributed by atoms with Gasteiger partial charge in [0.2, 0.25) is 5.91 Å². The van der Waals surface area contributed by atoms with Crippen LogP contribution in [0.4, 0.5) is 0 Å². The molecule has 0 spiro atoms. The maximum Gasteiger partial charge on any atom is 0.237 e. The Morgan fingerprint density at radius 1 is 1.38 bits per heavy atom. The number of amides is 1. The van der Waals surface area contributed by atoms with Gasteiger partial charge in [-0.2, -0.15) is 0 Å². The van der Waals surface area contributed by atoms with Gasteiger partial charge >= 0.3 is 0 Å². The molecule has 1 saturated heterocycles. The van der Waals surface area contributed by atoms with E-state index in [4.69, 9.17) is 4.74 Å². The summed E-state index contributed by atoms with van der Waals surface area (Å²) in [6.07, 6.45) is 0.935. The molecular formula is C17H26N2O2. The van der Waals surface area contributed by atoms with E-state index in [1.165, 1.54) is 0 Å². The molecule has 4 heteroatoms. The Hall–Kier alpha value is -1.55. The Balaban J connectivity index is 1.79. The quantitative estimate of drug-likeness (QED) is 0.817. The Labute approximate surface area is 127 Å². The van der Waals surface area contributed by atoms with Crippen LogP contribution in [0.25, 0.3) is 0 Å². The van der Waals surface area contributed by atoms with Gasteiger partial charge in [-0.05, 0) is 30.9 Å². The fourth-order valence-corrected chi connectivity index (χ4v) is 2.88. The zero-order valence-corrected chi connectivity index (χ0v) is 13.3. The first-order valence-corrected chi connectivity index (χ1v) is 7.80. The largest absolute Gasteiger partial charge is 0.493 e. The maximum atomic E-state index is 12.0. The average Bonchev–Trinajstić information content (AvgIpc) is 2.45. The normalized spacial score (nSPS) is 19.6. The van der Waals surface area contributed by atoms with Crippen molar-refractivity contribution in [1.29, 1.82) is 0 Å². The van der Waals surface area contributed by atoms with E-state index in [0.29, 0.717) is 12.5 Å². The summed E-state index contributed by atoms with van der Waals surface area (Å²) in [6, 6.07) is 8.06. The molecule has 21 heavy (non-hydrogen) atoms. The highest BCUT2D eigenvalue weighted by molar-refractivity contribution is 5.82. The van der Waals surface area contributed by atoms with Crippen LogP contribution in [-0.4, -0.2) is 43.1 Å². The van der Waals surface area contributed by atoms with Crippen LogP contribution in [0.1, 0.15) is 25.8 Å². The lowest BCUT2D eigenvalue weighted by Gasteiger charge is -2.37. The standard InChI is InChI=1S/C17H26N2O2/c1-13(2)16-17(20)18-9-11-19(16)10-6-12-21-15-8-5-4-7-14(15)3/h4-5,7-8,13,16H,6,9-12H2,1-3H3,(H,18,20). The van der Waals surface area contributed by atoms with Crippen molar-refractivity contribution in [2.75, 3.05) is 26.2 Å². The third-order valence-electron chi connectivity index (χ3n) is 3.93. The van der Waals surface area contributed by atoms with Crippen molar-refractivity contribution < 1.29 is 9.53 Å². The van der Waals surface area contributed by atoms with Gasteiger partial charge in [-0.25, -0.2) is 0 Å². The number of nitrogens with one attached hydrogen (secondary N) is 1. The van der Waals surface area contributed by atoms with Gasteiger partial charge in [-0.3, -0.25) is 9.69 Å². The second kappa shape index (κ2) is 7.46. The lowest BCUT2D eigenvalue weighted by molar-refractivity contribution is -0.130. The highest BCUT2D eigenvalue weighted by Crippen LogP contribution is 2.17. The highest BCUT2D eigenvalue weighted by atomic mass is 16.5. The third kappa shape index (κ3) is 4.21. The van der Waals surface area contributed by atoms with Crippen molar-refractivity contribution in [2.45, 2.75) is 33.2 Å². The lowest BCUT2D eigenvalue weighted by Crippen LogP contribution is -2.57. The topological polar surface area (TPSA) is 41.6 Å². The Bertz CT molecular complexity index is 474. The summed E-state index contributed by atoms with van der Waals surface area (Å²) in [4.78, 5) is 14.2. The molecule has 1 aromatic carbocycles. The lowest BCUT2D eigenvalue weighted by atomic mass is 9.99. The first-order chi connectivity index (χ1) is 10.1. The molecule has 1 aliphatic heterocycles. The molecular weight excluding hydrogens is 264 g/mol. The van der Waals surface area contributed by atoms with E-state index in [0.717, 1.165) is 37.4 Å². The summed E-state index contributed by atoms with van der Waals surface area (Å²) in [5.74, 6) is 1.45. The Morgan fingerprint density at radius 2 is 2.14 bits per heavy atom. The van der Waals surface area contributed by atoms with Gasteiger partial charge in [-0.15, -0.1) is 0 Å². The maximum absolute atomic E-state index is 12.0. The van der Waals surface area contributed by atoms with Gasteiger partial charge in [0.25, 0.3) is 0 Å². The number of rotatable bonds is 6. The number of benzene rings is 1. The van der Waals surface area contributed by atoms with E-state index >= 15 is 0 Å². The molecule has 116 valence electrons. The number of hydrogen-bond acceptors (Lipinski definition) is 3. The second-order valence-corrected chi connectivity index (χ2v) is 5.98. The van der Waals surface area contributed by atoms with Crippen LogP contribution in [0.15, 0.2) is 24.3 Å². The summed E-state index contributed by atoms with van der Waals surface area (Å²) in [6.45, 7) is 9.54. The van der Waals surface area contributed by atoms with Crippen molar-refractivity contribution in [2.24, 2.45) is 5.92 Å². The number of para-hydroxylation sites is 1. The highest BCUT2D eigenvalue weighted by Gasteiger charge is 2.31. The molecule has 0 radical (unpaired) electrons. The number of carbonyl (C=O) groups excluding carboxylic acids is 1. The molecule has 2 rings (SSSR count). The van der Waals surface area contributed by atoms with Crippen molar-refractivity contribution in [3.8, 4) is 5.75 Å². The molecule has 1 aliphatic rings. The predicted octanol–water partition coefficient (Wildman–Crippen LogP) is 2.22. The molecule has 1 atom stereocenters. The summed E-state index contributed by atoms with van der Waals surface area (Å²) in [5.41, 5.74) is 1.16. The number of hydrogen-bond donors (Lipinski definition) is 1. The summed E-state index contributed by atoms with van der Waals surface area (Å²) in [5, 5.41) is 2.96. The SMILES string of the molecule is Cc1ccccc1OCCCN1CCNC(=O)C1C(C)C. The minimum absolute atomic E-state index is 0.00258. The van der Waals surface area contributed by atoms with Gasteiger partial charge < -0.3 is 10.1 Å². The summed E-state index contributed by atoms with van der Waals surface area (Å²) in [7, 11) is 0. The Kier molecular flexibility index (Phi) is 5.62. The molecule has 0 aromatic heterocycles. The monoisotopic (exact) mass is 290 g/mol. The van der Waals surface area contributed by atoms with E-state index in [2.05, 4.69) is 37.1 Å². The third-order valence-corrected chi connectivity index (χ3v) is 3.93. The zero-order valence-electron chi connectivity index (χ0n) is 13.3. The van der Waals surface area contributed by atoms with Crippen LogP contribution in [0.2, 0.25) is 0 Å². The van der Waals surface area contributed by atoms with Crippen LogP contribution in [0.3, 0.4) is 0 Å². The molecule has 0 bridgehead atoms. The van der Waals surface area contributed by atoms with Gasteiger partial charge in [0.1, 0.15) is 5.75 Å². The van der Waals surface area contributed by atoms with E-state index in [9.17, 15) is 4.79 Å². The predicted molar refractivity (Wildman–Crippen MR) is 84.5 cm³/mol. The second-order valence-electron chi connectivity index (χ2n) is 5.98. The summed E-state index contributed by atoms with van der Waals surface area (Å²) >= 11 is 0. The first-order valence-electron chi connectivity index (χ1n) is 7.80. The van der Waals surface area contributed by atoms with Gasteiger partial charge in [0, 0.05) is 19.6 Å². The van der Waals surface area contributed by atoms with Crippen LogP contribution >= 0.6 is 0 Å². The van der Waals surface area contributed by atoms with E-state index in [-0.39, 0.29) is 11.9 Å². The van der Waals surface area contributed by atoms with Crippen molar-refractivity contribution >= 4 is 5.91 Å². The van der Waals surface area contributed by atoms with Crippen molar-refractivity contribution in [1.82, 2.24) is 10.2 Å². The number of ether oxygens (including phenoxy) is 1. The van der Waals surface area contributed by atoms with E-state index in [1.54, 1.807) is 0 Å². The summed E-state index contributed by atoms with van der Waals surface area (Å²) < 4.78 is 5.82. The van der Waals surface area contributed by atoms with Crippen LogP contribution in [0.5, 0.6) is 5.75 Å². The number of aryl methyl sites for hydroxylation is 1.